The lowest BCUT2D eigenvalue weighted by Crippen LogP contribution is -1.89. The Balaban J connectivity index is 2.36. The summed E-state index contributed by atoms with van der Waals surface area (Å²) in [6, 6.07) is 9.15. The van der Waals surface area contributed by atoms with E-state index in [2.05, 4.69) is 0 Å². The Bertz CT molecular complexity index is 833. The van der Waals surface area contributed by atoms with Crippen molar-refractivity contribution in [2.45, 2.75) is 6.42 Å². The summed E-state index contributed by atoms with van der Waals surface area (Å²) in [4.78, 5) is 12.0. The largest absolute Gasteiger partial charge is 0.294 e. The second-order valence-corrected chi connectivity index (χ2v) is 5.88. The van der Waals surface area contributed by atoms with Crippen molar-refractivity contribution in [1.29, 1.82) is 10.5 Å². The minimum atomic E-state index is -0.0581. The fourth-order valence-electron chi connectivity index (χ4n) is 2.27. The minimum Gasteiger partial charge on any atom is -0.294 e. The lowest BCUT2D eigenvalue weighted by Gasteiger charge is -2.00. The van der Waals surface area contributed by atoms with Crippen molar-refractivity contribution in [3.05, 3.63) is 39.2 Å². The fourth-order valence-corrected chi connectivity index (χ4v) is 3.44. The summed E-state index contributed by atoms with van der Waals surface area (Å²) < 4.78 is 1.60. The Morgan fingerprint density at radius 2 is 1.95 bits per heavy atom. The Morgan fingerprint density at radius 3 is 2.63 bits per heavy atom. The molecule has 1 heterocycles. The van der Waals surface area contributed by atoms with Gasteiger partial charge in [-0.05, 0) is 34.7 Å². The SMILES string of the molecule is N#CC(C#N)=C1CC(=O)c2cc3cc(Cl)sc3cc21. The van der Waals surface area contributed by atoms with Gasteiger partial charge in [0.1, 0.15) is 17.7 Å². The van der Waals surface area contributed by atoms with Gasteiger partial charge in [-0.1, -0.05) is 11.6 Å². The highest BCUT2D eigenvalue weighted by Gasteiger charge is 2.27. The first kappa shape index (κ1) is 11.9. The van der Waals surface area contributed by atoms with Gasteiger partial charge in [-0.25, -0.2) is 0 Å². The molecule has 0 N–H and O–H groups in total. The average molecular weight is 285 g/mol. The number of hydrogen-bond acceptors (Lipinski definition) is 4. The molecule has 90 valence electrons. The van der Waals surface area contributed by atoms with E-state index in [0.29, 0.717) is 21.0 Å². The van der Waals surface area contributed by atoms with E-state index in [1.807, 2.05) is 24.3 Å². The topological polar surface area (TPSA) is 64.7 Å². The number of rotatable bonds is 0. The zero-order valence-corrected chi connectivity index (χ0v) is 11.1. The molecule has 2 aromatic rings. The number of benzene rings is 1. The molecule has 19 heavy (non-hydrogen) atoms. The van der Waals surface area contributed by atoms with E-state index >= 15 is 0 Å². The first-order chi connectivity index (χ1) is 9.13. The molecule has 0 unspecified atom stereocenters. The van der Waals surface area contributed by atoms with Gasteiger partial charge in [-0.2, -0.15) is 10.5 Å². The number of thiophene rings is 1. The predicted molar refractivity (Wildman–Crippen MR) is 73.9 cm³/mol. The third kappa shape index (κ3) is 1.74. The van der Waals surface area contributed by atoms with Gasteiger partial charge in [0.25, 0.3) is 0 Å². The van der Waals surface area contributed by atoms with Gasteiger partial charge < -0.3 is 0 Å². The predicted octanol–water partition coefficient (Wildman–Crippen LogP) is 3.94. The zero-order chi connectivity index (χ0) is 13.6. The molecule has 0 bridgehead atoms. The maximum atomic E-state index is 12.0. The minimum absolute atomic E-state index is 0.00843. The molecule has 0 radical (unpaired) electrons. The molecule has 1 aromatic carbocycles. The van der Waals surface area contributed by atoms with E-state index in [1.165, 1.54) is 11.3 Å². The third-order valence-corrected chi connectivity index (χ3v) is 4.34. The molecule has 5 heteroatoms. The highest BCUT2D eigenvalue weighted by molar-refractivity contribution is 7.22. The van der Waals surface area contributed by atoms with Gasteiger partial charge in [0.05, 0.1) is 4.34 Å². The zero-order valence-electron chi connectivity index (χ0n) is 9.53. The van der Waals surface area contributed by atoms with Crippen LogP contribution in [0.25, 0.3) is 15.7 Å². The van der Waals surface area contributed by atoms with Gasteiger partial charge in [-0.15, -0.1) is 11.3 Å². The van der Waals surface area contributed by atoms with Crippen molar-refractivity contribution in [3.63, 3.8) is 0 Å². The van der Waals surface area contributed by atoms with Crippen LogP contribution < -0.4 is 0 Å². The summed E-state index contributed by atoms with van der Waals surface area (Å²) in [7, 11) is 0. The molecular weight excluding hydrogens is 280 g/mol. The second-order valence-electron chi connectivity index (χ2n) is 4.16. The normalized spacial score (nSPS) is 13.2. The number of carbonyl (C=O) groups is 1. The first-order valence-electron chi connectivity index (χ1n) is 5.44. The molecule has 1 aliphatic rings. The highest BCUT2D eigenvalue weighted by Crippen LogP contribution is 2.40. The quantitative estimate of drug-likeness (QED) is 0.688. The number of ketones is 1. The van der Waals surface area contributed by atoms with Crippen LogP contribution in [0.15, 0.2) is 23.8 Å². The number of hydrogen-bond donors (Lipinski definition) is 0. The monoisotopic (exact) mass is 284 g/mol. The lowest BCUT2D eigenvalue weighted by molar-refractivity contribution is 0.100. The Labute approximate surface area is 117 Å². The summed E-state index contributed by atoms with van der Waals surface area (Å²) in [5.41, 5.74) is 1.79. The Morgan fingerprint density at radius 1 is 1.21 bits per heavy atom. The standard InChI is InChI=1S/C14H5ClN2OS/c15-14-2-7-1-11-10(4-13(7)19-14)9(3-12(11)18)8(5-16)6-17/h1-2,4H,3H2. The summed E-state index contributed by atoms with van der Waals surface area (Å²) in [5.74, 6) is -0.0581. The number of carbonyl (C=O) groups excluding carboxylic acids is 1. The summed E-state index contributed by atoms with van der Waals surface area (Å²) >= 11 is 7.37. The number of halogens is 1. The van der Waals surface area contributed by atoms with Crippen LogP contribution in [0.1, 0.15) is 22.3 Å². The van der Waals surface area contributed by atoms with Crippen LogP contribution in [0.4, 0.5) is 0 Å². The van der Waals surface area contributed by atoms with Gasteiger partial charge >= 0.3 is 0 Å². The second kappa shape index (κ2) is 4.20. The van der Waals surface area contributed by atoms with E-state index in [9.17, 15) is 4.79 Å². The van der Waals surface area contributed by atoms with Crippen molar-refractivity contribution in [3.8, 4) is 12.1 Å². The van der Waals surface area contributed by atoms with Crippen LogP contribution in [0.5, 0.6) is 0 Å². The number of nitriles is 2. The number of Topliss-reactive ketones (excluding diaryl/α,β-unsaturated/α-hetero) is 1. The van der Waals surface area contributed by atoms with E-state index in [1.54, 1.807) is 6.07 Å². The lowest BCUT2D eigenvalue weighted by atomic mass is 10.0. The molecule has 1 aromatic heterocycles. The Kier molecular flexibility index (Phi) is 2.64. The fraction of sp³-hybridized carbons (Fsp3) is 0.0714. The van der Waals surface area contributed by atoms with Crippen molar-refractivity contribution >= 4 is 44.4 Å². The molecule has 3 nitrogen and oxygen atoms in total. The molecular formula is C14H5ClN2OS. The van der Waals surface area contributed by atoms with Crippen LogP contribution >= 0.6 is 22.9 Å². The van der Waals surface area contributed by atoms with E-state index in [4.69, 9.17) is 22.1 Å². The van der Waals surface area contributed by atoms with Crippen LogP contribution in [0, 0.1) is 22.7 Å². The number of fused-ring (bicyclic) bond motifs is 2. The maximum absolute atomic E-state index is 12.0. The molecule has 0 spiro atoms. The van der Waals surface area contributed by atoms with E-state index in [-0.39, 0.29) is 17.8 Å². The smallest absolute Gasteiger partial charge is 0.167 e. The van der Waals surface area contributed by atoms with Gasteiger partial charge in [-0.3, -0.25) is 4.79 Å². The first-order valence-corrected chi connectivity index (χ1v) is 6.63. The molecule has 0 amide bonds. The van der Waals surface area contributed by atoms with Crippen molar-refractivity contribution in [2.75, 3.05) is 0 Å². The maximum Gasteiger partial charge on any atom is 0.167 e. The molecule has 0 atom stereocenters. The molecule has 0 saturated carbocycles. The molecule has 0 saturated heterocycles. The highest BCUT2D eigenvalue weighted by atomic mass is 35.5. The molecule has 0 aliphatic heterocycles. The van der Waals surface area contributed by atoms with E-state index in [0.717, 1.165) is 10.1 Å². The molecule has 0 fully saturated rings. The third-order valence-electron chi connectivity index (χ3n) is 3.11. The summed E-state index contributed by atoms with van der Waals surface area (Å²) in [6.45, 7) is 0. The van der Waals surface area contributed by atoms with Gasteiger partial charge in [0.15, 0.2) is 5.78 Å². The number of allylic oxidation sites excluding steroid dienone is 2. The number of nitrogens with zero attached hydrogens (tertiary/aromatic N) is 2. The van der Waals surface area contributed by atoms with Crippen molar-refractivity contribution in [1.82, 2.24) is 0 Å². The molecule has 1 aliphatic carbocycles. The molecule has 3 rings (SSSR count). The average Bonchev–Trinajstić information content (AvgIpc) is 2.89. The van der Waals surface area contributed by atoms with Crippen molar-refractivity contribution in [2.24, 2.45) is 0 Å². The van der Waals surface area contributed by atoms with Crippen LogP contribution in [0.3, 0.4) is 0 Å². The summed E-state index contributed by atoms with van der Waals surface area (Å²) in [6.07, 6.45) is 0.122. The van der Waals surface area contributed by atoms with Crippen LogP contribution in [-0.4, -0.2) is 5.78 Å². The van der Waals surface area contributed by atoms with Gasteiger partial charge in [0.2, 0.25) is 0 Å². The Hall–Kier alpha value is -2.14. The van der Waals surface area contributed by atoms with Crippen LogP contribution in [-0.2, 0) is 0 Å². The van der Waals surface area contributed by atoms with Crippen LogP contribution in [0.2, 0.25) is 4.34 Å². The van der Waals surface area contributed by atoms with E-state index < -0.39 is 0 Å². The van der Waals surface area contributed by atoms with Crippen molar-refractivity contribution < 1.29 is 4.79 Å². The van der Waals surface area contributed by atoms with Gasteiger partial charge in [0, 0.05) is 16.7 Å². The summed E-state index contributed by atoms with van der Waals surface area (Å²) in [5, 5.41) is 18.8.